The third kappa shape index (κ3) is 4.95. The van der Waals surface area contributed by atoms with E-state index in [-0.39, 0.29) is 23.9 Å². The Morgan fingerprint density at radius 2 is 1.76 bits per heavy atom. The van der Waals surface area contributed by atoms with Gasteiger partial charge in [0.15, 0.2) is 0 Å². The zero-order valence-corrected chi connectivity index (χ0v) is 14.2. The van der Waals surface area contributed by atoms with E-state index in [9.17, 15) is 14.4 Å². The van der Waals surface area contributed by atoms with Gasteiger partial charge >= 0.3 is 0 Å². The zero-order valence-electron chi connectivity index (χ0n) is 13.4. The molecule has 130 valence electrons. The van der Waals surface area contributed by atoms with Crippen LogP contribution in [-0.4, -0.2) is 31.3 Å². The van der Waals surface area contributed by atoms with E-state index in [0.717, 1.165) is 0 Å². The first-order valence-corrected chi connectivity index (χ1v) is 7.73. The Kier molecular flexibility index (Phi) is 5.97. The smallest absolute Gasteiger partial charge is 0.251 e. The fourth-order valence-corrected chi connectivity index (χ4v) is 2.28. The Bertz CT molecular complexity index is 806. The highest BCUT2D eigenvalue weighted by Crippen LogP contribution is 2.20. The minimum absolute atomic E-state index is 0.0703. The van der Waals surface area contributed by atoms with Gasteiger partial charge in [0.05, 0.1) is 12.1 Å². The van der Waals surface area contributed by atoms with Crippen molar-refractivity contribution < 1.29 is 14.4 Å². The number of hydrogen-bond donors (Lipinski definition) is 4. The first-order chi connectivity index (χ1) is 11.9. The van der Waals surface area contributed by atoms with Crippen LogP contribution in [0.5, 0.6) is 0 Å². The Morgan fingerprint density at radius 1 is 1.08 bits per heavy atom. The van der Waals surface area contributed by atoms with Crippen molar-refractivity contribution in [1.82, 2.24) is 5.32 Å². The van der Waals surface area contributed by atoms with E-state index in [1.165, 1.54) is 6.07 Å². The lowest BCUT2D eigenvalue weighted by molar-refractivity contribution is -0.114. The molecule has 25 heavy (non-hydrogen) atoms. The highest BCUT2D eigenvalue weighted by Gasteiger charge is 2.10. The summed E-state index contributed by atoms with van der Waals surface area (Å²) in [6.07, 6.45) is 0. The molecule has 0 aliphatic heterocycles. The molecule has 0 atom stereocenters. The Labute approximate surface area is 149 Å². The van der Waals surface area contributed by atoms with Gasteiger partial charge < -0.3 is 21.7 Å². The number of halogens is 1. The second-order valence-electron chi connectivity index (χ2n) is 5.11. The van der Waals surface area contributed by atoms with E-state index in [0.29, 0.717) is 22.0 Å². The number of benzene rings is 2. The standard InChI is InChI=1S/C17H17ClN4O3/c1-20-17(25)10-2-5-12(6-3-10)22-15(23)9-21-14-7-4-11(18)8-13(14)16(19)24/h2-8,21H,9H2,1H3,(H2,19,24)(H,20,25)(H,22,23). The van der Waals surface area contributed by atoms with Gasteiger partial charge in [0.2, 0.25) is 5.91 Å². The van der Waals surface area contributed by atoms with E-state index < -0.39 is 5.91 Å². The van der Waals surface area contributed by atoms with E-state index >= 15 is 0 Å². The summed E-state index contributed by atoms with van der Waals surface area (Å²) in [6.45, 7) is -0.0703. The molecule has 0 saturated carbocycles. The van der Waals surface area contributed by atoms with Gasteiger partial charge in [-0.3, -0.25) is 14.4 Å². The number of amides is 3. The minimum Gasteiger partial charge on any atom is -0.375 e. The molecular formula is C17H17ClN4O3. The first-order valence-electron chi connectivity index (χ1n) is 7.36. The van der Waals surface area contributed by atoms with Gasteiger partial charge in [-0.15, -0.1) is 0 Å². The third-order valence-corrected chi connectivity index (χ3v) is 3.58. The van der Waals surface area contributed by atoms with Crippen LogP contribution in [0.4, 0.5) is 11.4 Å². The number of nitrogens with one attached hydrogen (secondary N) is 3. The van der Waals surface area contributed by atoms with Gasteiger partial charge in [0, 0.05) is 29.0 Å². The molecule has 2 aromatic carbocycles. The van der Waals surface area contributed by atoms with Crippen LogP contribution in [0, 0.1) is 0 Å². The van der Waals surface area contributed by atoms with E-state index in [1.54, 1.807) is 43.4 Å². The molecule has 0 saturated heterocycles. The molecule has 0 heterocycles. The largest absolute Gasteiger partial charge is 0.375 e. The van der Waals surface area contributed by atoms with Crippen molar-refractivity contribution in [3.63, 3.8) is 0 Å². The second-order valence-corrected chi connectivity index (χ2v) is 5.55. The number of nitrogens with two attached hydrogens (primary N) is 1. The fraction of sp³-hybridized carbons (Fsp3) is 0.118. The van der Waals surface area contributed by atoms with Crippen LogP contribution in [0.2, 0.25) is 5.02 Å². The van der Waals surface area contributed by atoms with Crippen molar-refractivity contribution in [2.75, 3.05) is 24.2 Å². The van der Waals surface area contributed by atoms with Crippen LogP contribution < -0.4 is 21.7 Å². The molecule has 7 nitrogen and oxygen atoms in total. The predicted molar refractivity (Wildman–Crippen MR) is 96.9 cm³/mol. The van der Waals surface area contributed by atoms with E-state index in [4.69, 9.17) is 17.3 Å². The van der Waals surface area contributed by atoms with Gasteiger partial charge in [0.25, 0.3) is 11.8 Å². The number of carbonyl (C=O) groups is 3. The molecular weight excluding hydrogens is 344 g/mol. The summed E-state index contributed by atoms with van der Waals surface area (Å²) in [4.78, 5) is 34.9. The lowest BCUT2D eigenvalue weighted by Gasteiger charge is -2.11. The summed E-state index contributed by atoms with van der Waals surface area (Å²) < 4.78 is 0. The van der Waals surface area contributed by atoms with Crippen LogP contribution in [0.25, 0.3) is 0 Å². The van der Waals surface area contributed by atoms with Crippen LogP contribution in [0.3, 0.4) is 0 Å². The molecule has 0 radical (unpaired) electrons. The van der Waals surface area contributed by atoms with Crippen LogP contribution in [0.1, 0.15) is 20.7 Å². The zero-order chi connectivity index (χ0) is 18.4. The van der Waals surface area contributed by atoms with Crippen LogP contribution in [0.15, 0.2) is 42.5 Å². The number of anilines is 2. The quantitative estimate of drug-likeness (QED) is 0.629. The Balaban J connectivity index is 1.97. The number of rotatable bonds is 6. The molecule has 0 aliphatic rings. The summed E-state index contributed by atoms with van der Waals surface area (Å²) in [5, 5.41) is 8.42. The van der Waals surface area contributed by atoms with Crippen molar-refractivity contribution >= 4 is 40.7 Å². The predicted octanol–water partition coefficient (Wildman–Crippen LogP) is 1.85. The topological polar surface area (TPSA) is 113 Å². The fourth-order valence-electron chi connectivity index (χ4n) is 2.10. The van der Waals surface area contributed by atoms with Crippen molar-refractivity contribution in [3.05, 3.63) is 58.6 Å². The Morgan fingerprint density at radius 3 is 2.36 bits per heavy atom. The van der Waals surface area contributed by atoms with Crippen molar-refractivity contribution in [2.24, 2.45) is 5.73 Å². The lowest BCUT2D eigenvalue weighted by atomic mass is 10.1. The second kappa shape index (κ2) is 8.16. The third-order valence-electron chi connectivity index (χ3n) is 3.34. The summed E-state index contributed by atoms with van der Waals surface area (Å²) in [5.74, 6) is -1.17. The van der Waals surface area contributed by atoms with Crippen molar-refractivity contribution in [2.45, 2.75) is 0 Å². The lowest BCUT2D eigenvalue weighted by Crippen LogP contribution is -2.23. The number of carbonyl (C=O) groups excluding carboxylic acids is 3. The van der Waals surface area contributed by atoms with Crippen LogP contribution in [-0.2, 0) is 4.79 Å². The van der Waals surface area contributed by atoms with Gasteiger partial charge in [-0.05, 0) is 42.5 Å². The summed E-state index contributed by atoms with van der Waals surface area (Å²) in [7, 11) is 1.54. The maximum atomic E-state index is 12.0. The maximum absolute atomic E-state index is 12.0. The molecule has 0 unspecified atom stereocenters. The average molecular weight is 361 g/mol. The molecule has 8 heteroatoms. The van der Waals surface area contributed by atoms with Gasteiger partial charge in [0.1, 0.15) is 0 Å². The van der Waals surface area contributed by atoms with E-state index in [2.05, 4.69) is 16.0 Å². The molecule has 0 fully saturated rings. The van der Waals surface area contributed by atoms with Gasteiger partial charge in [-0.2, -0.15) is 0 Å². The summed E-state index contributed by atoms with van der Waals surface area (Å²) in [5.41, 5.74) is 6.95. The monoisotopic (exact) mass is 360 g/mol. The number of primary amides is 1. The highest BCUT2D eigenvalue weighted by atomic mass is 35.5. The molecule has 3 amide bonds. The van der Waals surface area contributed by atoms with Gasteiger partial charge in [-0.25, -0.2) is 0 Å². The van der Waals surface area contributed by atoms with E-state index in [1.807, 2.05) is 0 Å². The Hall–Kier alpha value is -3.06. The first kappa shape index (κ1) is 18.3. The molecule has 0 aromatic heterocycles. The average Bonchev–Trinajstić information content (AvgIpc) is 2.60. The molecule has 0 bridgehead atoms. The maximum Gasteiger partial charge on any atom is 0.251 e. The van der Waals surface area contributed by atoms with Crippen LogP contribution >= 0.6 is 11.6 Å². The SMILES string of the molecule is CNC(=O)c1ccc(NC(=O)CNc2ccc(Cl)cc2C(N)=O)cc1. The summed E-state index contributed by atoms with van der Waals surface area (Å²) >= 11 is 5.83. The molecule has 0 aliphatic carbocycles. The van der Waals surface area contributed by atoms with Gasteiger partial charge in [-0.1, -0.05) is 11.6 Å². The summed E-state index contributed by atoms with van der Waals surface area (Å²) in [6, 6.07) is 11.1. The highest BCUT2D eigenvalue weighted by molar-refractivity contribution is 6.31. The molecule has 0 spiro atoms. The number of hydrogen-bond acceptors (Lipinski definition) is 4. The van der Waals surface area contributed by atoms with Crippen molar-refractivity contribution in [1.29, 1.82) is 0 Å². The molecule has 2 rings (SSSR count). The van der Waals surface area contributed by atoms with Crippen molar-refractivity contribution in [3.8, 4) is 0 Å². The normalized spacial score (nSPS) is 10.0. The minimum atomic E-state index is -0.643. The molecule has 2 aromatic rings. The molecule has 5 N–H and O–H groups in total.